The molecule has 1 fully saturated rings. The monoisotopic (exact) mass is 590 g/mol. The lowest BCUT2D eigenvalue weighted by atomic mass is 10.0. The zero-order chi connectivity index (χ0) is 30.6. The average Bonchev–Trinajstić information content (AvgIpc) is 3.85. The molecule has 0 bridgehead atoms. The number of nitrogens with one attached hydrogen (secondary N) is 3. The van der Waals surface area contributed by atoms with E-state index in [1.54, 1.807) is 23.2 Å². The van der Waals surface area contributed by atoms with Crippen molar-refractivity contribution in [2.75, 3.05) is 13.7 Å². The minimum atomic E-state index is -1.08. The van der Waals surface area contributed by atoms with Gasteiger partial charge >= 0.3 is 12.1 Å². The number of methoxy groups -OCH3 is 1. The molecule has 2 aromatic heterocycles. The van der Waals surface area contributed by atoms with Crippen molar-refractivity contribution in [3.63, 3.8) is 0 Å². The number of benzene rings is 3. The molecule has 1 saturated heterocycles. The lowest BCUT2D eigenvalue weighted by Crippen LogP contribution is -2.42. The van der Waals surface area contributed by atoms with Crippen LogP contribution in [0.4, 0.5) is 4.79 Å². The Morgan fingerprint density at radius 3 is 2.25 bits per heavy atom. The van der Waals surface area contributed by atoms with Crippen molar-refractivity contribution in [2.24, 2.45) is 0 Å². The van der Waals surface area contributed by atoms with Gasteiger partial charge < -0.3 is 30.0 Å². The number of rotatable bonds is 8. The third-order valence-corrected chi connectivity index (χ3v) is 7.82. The molecule has 222 valence electrons. The molecule has 11 nitrogen and oxygen atoms in total. The molecule has 11 heteroatoms. The zero-order valence-electron chi connectivity index (χ0n) is 23.9. The maximum atomic E-state index is 13.7. The summed E-state index contributed by atoms with van der Waals surface area (Å²) in [4.78, 5) is 53.9. The van der Waals surface area contributed by atoms with E-state index in [0.29, 0.717) is 23.6 Å². The average molecular weight is 591 g/mol. The van der Waals surface area contributed by atoms with Gasteiger partial charge in [0.25, 0.3) is 5.91 Å². The number of aromatic amines is 2. The van der Waals surface area contributed by atoms with E-state index >= 15 is 0 Å². The van der Waals surface area contributed by atoms with Crippen LogP contribution in [0, 0.1) is 0 Å². The van der Waals surface area contributed by atoms with Gasteiger partial charge in [0.2, 0.25) is 0 Å². The van der Waals surface area contributed by atoms with Crippen LogP contribution in [0.5, 0.6) is 0 Å². The van der Waals surface area contributed by atoms with Crippen molar-refractivity contribution in [1.82, 2.24) is 30.2 Å². The second kappa shape index (κ2) is 12.3. The maximum Gasteiger partial charge on any atom is 0.407 e. The van der Waals surface area contributed by atoms with Crippen LogP contribution >= 0.6 is 0 Å². The summed E-state index contributed by atoms with van der Waals surface area (Å²) in [6.45, 7) is 0.553. The molecule has 2 atom stereocenters. The zero-order valence-corrected chi connectivity index (χ0v) is 23.9. The number of hydrogen-bond donors (Lipinski definition) is 4. The Morgan fingerprint density at radius 1 is 0.932 bits per heavy atom. The van der Waals surface area contributed by atoms with Crippen LogP contribution < -0.4 is 5.32 Å². The number of aromatic nitrogens is 4. The molecule has 5 aromatic rings. The molecule has 0 aliphatic carbocycles. The van der Waals surface area contributed by atoms with Crippen molar-refractivity contribution in [3.05, 3.63) is 108 Å². The van der Waals surface area contributed by atoms with Gasteiger partial charge in [0, 0.05) is 12.1 Å². The highest BCUT2D eigenvalue weighted by molar-refractivity contribution is 5.93. The second-order valence-electron chi connectivity index (χ2n) is 10.4. The van der Waals surface area contributed by atoms with Gasteiger partial charge in [0.1, 0.15) is 11.9 Å². The summed E-state index contributed by atoms with van der Waals surface area (Å²) in [6.07, 6.45) is 4.04. The van der Waals surface area contributed by atoms with E-state index in [9.17, 15) is 19.5 Å². The van der Waals surface area contributed by atoms with Crippen molar-refractivity contribution >= 4 is 18.0 Å². The summed E-state index contributed by atoms with van der Waals surface area (Å²) in [6, 6.07) is 23.6. The Balaban J connectivity index is 1.18. The molecule has 0 radical (unpaired) electrons. The lowest BCUT2D eigenvalue weighted by molar-refractivity contribution is -0.134. The molecule has 3 heterocycles. The van der Waals surface area contributed by atoms with Crippen LogP contribution in [0.1, 0.15) is 46.8 Å². The van der Waals surface area contributed by atoms with Gasteiger partial charge in [-0.1, -0.05) is 78.9 Å². The summed E-state index contributed by atoms with van der Waals surface area (Å²) in [7, 11) is 1.27. The predicted molar refractivity (Wildman–Crippen MR) is 162 cm³/mol. The van der Waals surface area contributed by atoms with Gasteiger partial charge in [0.15, 0.2) is 5.69 Å². The molecule has 3 aromatic carbocycles. The third-order valence-electron chi connectivity index (χ3n) is 7.82. The summed E-state index contributed by atoms with van der Waals surface area (Å²) in [5.41, 5.74) is 5.62. The Morgan fingerprint density at radius 2 is 1.59 bits per heavy atom. The Hall–Kier alpha value is -5.71. The molecule has 2 amide bonds. The van der Waals surface area contributed by atoms with Gasteiger partial charge in [-0.25, -0.2) is 19.6 Å². The highest BCUT2D eigenvalue weighted by atomic mass is 16.5. The first-order valence-corrected chi connectivity index (χ1v) is 14.2. The fourth-order valence-corrected chi connectivity index (χ4v) is 5.59. The smallest absolute Gasteiger partial charge is 0.407 e. The second-order valence-corrected chi connectivity index (χ2v) is 10.4. The van der Waals surface area contributed by atoms with Crippen LogP contribution in [0.15, 0.2) is 91.4 Å². The minimum absolute atomic E-state index is 0.0139. The molecule has 6 rings (SSSR count). The molecule has 0 unspecified atom stereocenters. The third kappa shape index (κ3) is 5.67. The lowest BCUT2D eigenvalue weighted by Gasteiger charge is -2.28. The number of ether oxygens (including phenoxy) is 1. The molecule has 0 spiro atoms. The number of hydrogen-bond acceptors (Lipinski definition) is 6. The van der Waals surface area contributed by atoms with Crippen LogP contribution in [-0.4, -0.2) is 61.6 Å². The standard InChI is InChI=1S/C33H30N6O5/c1-44-33(43)38-28(23-6-3-2-4-7-23)31(40)39-17-5-8-26(39)30-34-18-25(37-30)22-13-9-20(10-14-22)21-11-15-24(16-12-21)27-29(32(41)42)36-19-35-27/h2-4,6-7,9-16,18-19,26,28H,5,8,17H2,1H3,(H,34,37)(H,35,36)(H,38,43)(H,41,42)/t26-,28+/m0/s1. The number of amides is 2. The Labute approximate surface area is 252 Å². The number of carbonyl (C=O) groups excluding carboxylic acids is 2. The van der Waals surface area contributed by atoms with Crippen LogP contribution in [0.2, 0.25) is 0 Å². The normalized spacial score (nSPS) is 15.1. The van der Waals surface area contributed by atoms with E-state index in [4.69, 9.17) is 4.74 Å². The van der Waals surface area contributed by atoms with E-state index < -0.39 is 18.1 Å². The number of nitrogens with zero attached hydrogens (tertiary/aromatic N) is 3. The first-order valence-electron chi connectivity index (χ1n) is 14.2. The van der Waals surface area contributed by atoms with Crippen molar-refractivity contribution in [3.8, 4) is 33.6 Å². The highest BCUT2D eigenvalue weighted by Gasteiger charge is 2.37. The summed E-state index contributed by atoms with van der Waals surface area (Å²) >= 11 is 0. The van der Waals surface area contributed by atoms with Crippen molar-refractivity contribution < 1.29 is 24.2 Å². The number of likely N-dealkylation sites (tertiary alicyclic amines) is 1. The van der Waals surface area contributed by atoms with Crippen LogP contribution in [0.25, 0.3) is 33.6 Å². The van der Waals surface area contributed by atoms with Gasteiger partial charge in [-0.05, 0) is 35.1 Å². The van der Waals surface area contributed by atoms with Gasteiger partial charge in [-0.2, -0.15) is 0 Å². The largest absolute Gasteiger partial charge is 0.476 e. The van der Waals surface area contributed by atoms with E-state index in [0.717, 1.165) is 40.8 Å². The van der Waals surface area contributed by atoms with Crippen LogP contribution in [0.3, 0.4) is 0 Å². The number of alkyl carbamates (subject to hydrolysis) is 1. The summed E-state index contributed by atoms with van der Waals surface area (Å²) in [5.74, 6) is -0.610. The van der Waals surface area contributed by atoms with Gasteiger partial charge in [0.05, 0.1) is 37.1 Å². The number of carbonyl (C=O) groups is 3. The number of aromatic carboxylic acids is 1. The van der Waals surface area contributed by atoms with E-state index in [2.05, 4.69) is 25.3 Å². The SMILES string of the molecule is COC(=O)N[C@@H](C(=O)N1CCC[C@H]1c1ncc(-c2ccc(-c3ccc(-c4[nH]cnc4C(=O)O)cc3)cc2)[nH]1)c1ccccc1. The van der Waals surface area contributed by atoms with Gasteiger partial charge in [-0.3, -0.25) is 4.79 Å². The number of carboxylic acids is 1. The molecular weight excluding hydrogens is 560 g/mol. The van der Waals surface area contributed by atoms with E-state index in [-0.39, 0.29) is 17.6 Å². The molecule has 44 heavy (non-hydrogen) atoms. The Kier molecular flexibility index (Phi) is 7.92. The molecule has 0 saturated carbocycles. The van der Waals surface area contributed by atoms with E-state index in [1.807, 2.05) is 66.7 Å². The topological polar surface area (TPSA) is 153 Å². The fraction of sp³-hybridized carbons (Fsp3) is 0.182. The summed E-state index contributed by atoms with van der Waals surface area (Å²) in [5, 5.41) is 12.0. The fourth-order valence-electron chi connectivity index (χ4n) is 5.59. The molecule has 1 aliphatic heterocycles. The summed E-state index contributed by atoms with van der Waals surface area (Å²) < 4.78 is 4.79. The predicted octanol–water partition coefficient (Wildman–Crippen LogP) is 5.59. The number of carboxylic acid groups (broad SMARTS) is 1. The first kappa shape index (κ1) is 28.4. The molecule has 4 N–H and O–H groups in total. The first-order chi connectivity index (χ1) is 21.4. The Bertz CT molecular complexity index is 1780. The van der Waals surface area contributed by atoms with Crippen molar-refractivity contribution in [2.45, 2.75) is 24.9 Å². The minimum Gasteiger partial charge on any atom is -0.476 e. The highest BCUT2D eigenvalue weighted by Crippen LogP contribution is 2.34. The number of imidazole rings is 2. The van der Waals surface area contributed by atoms with Crippen LogP contribution in [-0.2, 0) is 9.53 Å². The van der Waals surface area contributed by atoms with Crippen molar-refractivity contribution in [1.29, 1.82) is 0 Å². The molecule has 1 aliphatic rings. The van der Waals surface area contributed by atoms with E-state index in [1.165, 1.54) is 13.4 Å². The quantitative estimate of drug-likeness (QED) is 0.184. The molecular formula is C33H30N6O5. The maximum absolute atomic E-state index is 13.7. The number of H-pyrrole nitrogens is 2. The van der Waals surface area contributed by atoms with Gasteiger partial charge in [-0.15, -0.1) is 0 Å².